The maximum absolute atomic E-state index is 12.9. The average molecular weight is 458 g/mol. The molecule has 1 unspecified atom stereocenters. The van der Waals surface area contributed by atoms with Crippen molar-refractivity contribution >= 4 is 5.97 Å². The molecule has 34 heavy (non-hydrogen) atoms. The second-order valence-electron chi connectivity index (χ2n) is 9.22. The van der Waals surface area contributed by atoms with Gasteiger partial charge in [-0.25, -0.2) is 0 Å². The minimum atomic E-state index is -0.281. The summed E-state index contributed by atoms with van der Waals surface area (Å²) in [6, 6.07) is 16.5. The number of esters is 1. The second-order valence-corrected chi connectivity index (χ2v) is 9.22. The Morgan fingerprint density at radius 2 is 1.94 bits per heavy atom. The fraction of sp³-hybridized carbons (Fsp3) is 0.321. The van der Waals surface area contributed by atoms with Gasteiger partial charge in [-0.1, -0.05) is 35.9 Å². The largest absolute Gasteiger partial charge is 0.493 e. The molecule has 0 fully saturated rings. The molecule has 0 spiro atoms. The Kier molecular flexibility index (Phi) is 5.18. The van der Waals surface area contributed by atoms with E-state index in [1.165, 1.54) is 16.7 Å². The first-order chi connectivity index (χ1) is 16.6. The minimum absolute atomic E-state index is 0.224. The van der Waals surface area contributed by atoms with Gasteiger partial charge in [0.15, 0.2) is 23.0 Å². The topological polar surface area (TPSA) is 57.2 Å². The molecule has 0 bridgehead atoms. The Morgan fingerprint density at radius 1 is 1.09 bits per heavy atom. The van der Waals surface area contributed by atoms with Crippen LogP contribution in [0.15, 0.2) is 48.5 Å². The standard InChI is InChI=1S/C28H27NO5/c1-17-4-3-5-18(10-17)11-27(30)34-28-22-15-29-9-8-20-13-25-26(33-16-32-25)14-21(20)23(29)12-19(22)6-7-24(28)31-2/h3-7,10,13-14,23H,8-9,11-12,15-16H2,1-2H3. The zero-order valence-corrected chi connectivity index (χ0v) is 19.4. The molecule has 1 atom stereocenters. The van der Waals surface area contributed by atoms with E-state index in [1.807, 2.05) is 37.3 Å². The van der Waals surface area contributed by atoms with Crippen LogP contribution in [-0.4, -0.2) is 31.3 Å². The Hall–Kier alpha value is -3.51. The molecule has 3 aromatic rings. The van der Waals surface area contributed by atoms with Crippen molar-refractivity contribution < 1.29 is 23.7 Å². The number of ether oxygens (including phenoxy) is 4. The lowest BCUT2D eigenvalue weighted by molar-refractivity contribution is -0.133. The van der Waals surface area contributed by atoms with Crippen molar-refractivity contribution in [2.75, 3.05) is 20.4 Å². The molecule has 6 rings (SSSR count). The lowest BCUT2D eigenvalue weighted by Gasteiger charge is -2.42. The summed E-state index contributed by atoms with van der Waals surface area (Å²) in [6.07, 6.45) is 2.01. The van der Waals surface area contributed by atoms with Crippen LogP contribution in [0.1, 0.15) is 39.4 Å². The summed E-state index contributed by atoms with van der Waals surface area (Å²) in [5.74, 6) is 2.53. The van der Waals surface area contributed by atoms with Crippen LogP contribution >= 0.6 is 0 Å². The molecule has 6 nitrogen and oxygen atoms in total. The molecule has 174 valence electrons. The third-order valence-electron chi connectivity index (χ3n) is 7.07. The van der Waals surface area contributed by atoms with Gasteiger partial charge >= 0.3 is 5.97 Å². The molecule has 3 aromatic carbocycles. The van der Waals surface area contributed by atoms with Crippen LogP contribution in [0.2, 0.25) is 0 Å². The molecule has 0 amide bonds. The summed E-state index contributed by atoms with van der Waals surface area (Å²) in [4.78, 5) is 15.3. The number of rotatable bonds is 4. The smallest absolute Gasteiger partial charge is 0.315 e. The zero-order valence-electron chi connectivity index (χ0n) is 19.4. The highest BCUT2D eigenvalue weighted by molar-refractivity contribution is 5.77. The van der Waals surface area contributed by atoms with Gasteiger partial charge in [0.25, 0.3) is 0 Å². The van der Waals surface area contributed by atoms with Gasteiger partial charge in [0.1, 0.15) is 0 Å². The van der Waals surface area contributed by atoms with Crippen molar-refractivity contribution in [3.05, 3.63) is 81.9 Å². The van der Waals surface area contributed by atoms with Crippen molar-refractivity contribution in [2.45, 2.75) is 38.8 Å². The molecule has 3 aliphatic heterocycles. The lowest BCUT2D eigenvalue weighted by Crippen LogP contribution is -2.39. The normalized spacial score (nSPS) is 18.0. The molecular formula is C28H27NO5. The van der Waals surface area contributed by atoms with Crippen LogP contribution in [0.4, 0.5) is 0 Å². The van der Waals surface area contributed by atoms with Crippen LogP contribution in [0.25, 0.3) is 0 Å². The molecule has 0 saturated heterocycles. The maximum Gasteiger partial charge on any atom is 0.315 e. The third kappa shape index (κ3) is 3.68. The average Bonchev–Trinajstić information content (AvgIpc) is 3.29. The number of fused-ring (bicyclic) bond motifs is 5. The van der Waals surface area contributed by atoms with Gasteiger partial charge in [-0.15, -0.1) is 0 Å². The number of hydrogen-bond donors (Lipinski definition) is 0. The van der Waals surface area contributed by atoms with Crippen LogP contribution < -0.4 is 18.9 Å². The molecule has 0 saturated carbocycles. The van der Waals surface area contributed by atoms with Crippen molar-refractivity contribution in [1.29, 1.82) is 0 Å². The third-order valence-corrected chi connectivity index (χ3v) is 7.07. The highest BCUT2D eigenvalue weighted by Gasteiger charge is 2.36. The number of hydrogen-bond acceptors (Lipinski definition) is 6. The highest BCUT2D eigenvalue weighted by Crippen LogP contribution is 2.46. The zero-order chi connectivity index (χ0) is 23.2. The van der Waals surface area contributed by atoms with Gasteiger partial charge in [-0.2, -0.15) is 0 Å². The highest BCUT2D eigenvalue weighted by atomic mass is 16.7. The van der Waals surface area contributed by atoms with E-state index in [9.17, 15) is 4.79 Å². The van der Waals surface area contributed by atoms with E-state index in [1.54, 1.807) is 7.11 Å². The summed E-state index contributed by atoms with van der Waals surface area (Å²) in [5, 5.41) is 0. The van der Waals surface area contributed by atoms with E-state index >= 15 is 0 Å². The fourth-order valence-corrected chi connectivity index (χ4v) is 5.41. The summed E-state index contributed by atoms with van der Waals surface area (Å²) < 4.78 is 22.8. The quantitative estimate of drug-likeness (QED) is 0.424. The first-order valence-electron chi connectivity index (χ1n) is 11.7. The molecule has 3 aliphatic rings. The van der Waals surface area contributed by atoms with Gasteiger partial charge < -0.3 is 18.9 Å². The van der Waals surface area contributed by atoms with Crippen molar-refractivity contribution in [2.24, 2.45) is 0 Å². The lowest BCUT2D eigenvalue weighted by atomic mass is 9.83. The fourth-order valence-electron chi connectivity index (χ4n) is 5.41. The molecule has 0 aliphatic carbocycles. The molecule has 3 heterocycles. The summed E-state index contributed by atoms with van der Waals surface area (Å²) in [7, 11) is 1.62. The number of aryl methyl sites for hydroxylation is 1. The predicted molar refractivity (Wildman–Crippen MR) is 127 cm³/mol. The number of methoxy groups -OCH3 is 1. The molecule has 0 aromatic heterocycles. The first-order valence-corrected chi connectivity index (χ1v) is 11.7. The van der Waals surface area contributed by atoms with Crippen LogP contribution in [0.5, 0.6) is 23.0 Å². The van der Waals surface area contributed by atoms with Crippen molar-refractivity contribution in [3.63, 3.8) is 0 Å². The Morgan fingerprint density at radius 3 is 2.76 bits per heavy atom. The predicted octanol–water partition coefficient (Wildman–Crippen LogP) is 4.54. The van der Waals surface area contributed by atoms with Gasteiger partial charge in [-0.3, -0.25) is 9.69 Å². The van der Waals surface area contributed by atoms with Crippen molar-refractivity contribution in [1.82, 2.24) is 4.90 Å². The van der Waals surface area contributed by atoms with Gasteiger partial charge in [0, 0.05) is 24.7 Å². The Bertz CT molecular complexity index is 1280. The molecule has 6 heteroatoms. The van der Waals surface area contributed by atoms with Crippen LogP contribution in [0, 0.1) is 6.92 Å². The van der Waals surface area contributed by atoms with Crippen LogP contribution in [-0.2, 0) is 30.6 Å². The summed E-state index contributed by atoms with van der Waals surface area (Å²) in [6.45, 7) is 3.95. The van der Waals surface area contributed by atoms with E-state index in [2.05, 4.69) is 23.1 Å². The monoisotopic (exact) mass is 457 g/mol. The Labute approximate surface area is 199 Å². The van der Waals surface area contributed by atoms with Gasteiger partial charge in [0.05, 0.1) is 13.5 Å². The Balaban J connectivity index is 1.30. The van der Waals surface area contributed by atoms with E-state index in [0.717, 1.165) is 47.6 Å². The molecule has 0 N–H and O–H groups in total. The van der Waals surface area contributed by atoms with Gasteiger partial charge in [-0.05, 0) is 60.2 Å². The number of nitrogens with zero attached hydrogens (tertiary/aromatic N) is 1. The van der Waals surface area contributed by atoms with E-state index in [-0.39, 0.29) is 25.2 Å². The summed E-state index contributed by atoms with van der Waals surface area (Å²) >= 11 is 0. The number of carbonyl (C=O) groups excluding carboxylic acids is 1. The van der Waals surface area contributed by atoms with Crippen molar-refractivity contribution in [3.8, 4) is 23.0 Å². The van der Waals surface area contributed by atoms with Gasteiger partial charge in [0.2, 0.25) is 6.79 Å². The molecular weight excluding hydrogens is 430 g/mol. The van der Waals surface area contributed by atoms with E-state index in [0.29, 0.717) is 18.0 Å². The second kappa shape index (κ2) is 8.37. The van der Waals surface area contributed by atoms with E-state index in [4.69, 9.17) is 18.9 Å². The minimum Gasteiger partial charge on any atom is -0.493 e. The maximum atomic E-state index is 12.9. The number of carbonyl (C=O) groups is 1. The van der Waals surface area contributed by atoms with Crippen LogP contribution in [0.3, 0.4) is 0 Å². The van der Waals surface area contributed by atoms with E-state index < -0.39 is 0 Å². The summed E-state index contributed by atoms with van der Waals surface area (Å²) in [5.41, 5.74) is 6.92. The first kappa shape index (κ1) is 21.1. The number of benzene rings is 3. The molecule has 0 radical (unpaired) electrons. The SMILES string of the molecule is COc1ccc2c(c1OC(=O)Cc1cccc(C)c1)CN1CCc3cc4c(cc3C1C2)OCO4.